The lowest BCUT2D eigenvalue weighted by Gasteiger charge is -2.40. The van der Waals surface area contributed by atoms with Crippen LogP contribution in [0.2, 0.25) is 0 Å². The lowest BCUT2D eigenvalue weighted by atomic mass is 9.85. The molecule has 0 bridgehead atoms. The van der Waals surface area contributed by atoms with Crippen molar-refractivity contribution >= 4 is 17.4 Å². The molecule has 0 N–H and O–H groups in total. The fourth-order valence-corrected chi connectivity index (χ4v) is 4.85. The van der Waals surface area contributed by atoms with E-state index in [0.29, 0.717) is 39.4 Å². The van der Waals surface area contributed by atoms with Crippen molar-refractivity contribution in [2.24, 2.45) is 0 Å². The largest absolute Gasteiger partial charge is 0.573 e. The van der Waals surface area contributed by atoms with E-state index in [9.17, 15) is 18.0 Å². The molecule has 168 valence electrons. The van der Waals surface area contributed by atoms with Crippen LogP contribution in [0.25, 0.3) is 0 Å². The predicted octanol–water partition coefficient (Wildman–Crippen LogP) is 3.77. The highest BCUT2D eigenvalue weighted by molar-refractivity contribution is 7.11. The molecule has 3 heterocycles. The number of piperidine rings is 1. The van der Waals surface area contributed by atoms with Crippen LogP contribution in [0, 0.1) is 6.92 Å². The third kappa shape index (κ3) is 5.45. The van der Waals surface area contributed by atoms with Crippen LogP contribution in [0.15, 0.2) is 24.3 Å². The van der Waals surface area contributed by atoms with Crippen LogP contribution in [0.4, 0.5) is 18.0 Å². The van der Waals surface area contributed by atoms with Crippen molar-refractivity contribution in [1.29, 1.82) is 0 Å². The highest BCUT2D eigenvalue weighted by atomic mass is 32.1. The molecule has 4 rings (SSSR count). The first-order valence-corrected chi connectivity index (χ1v) is 10.9. The zero-order valence-corrected chi connectivity index (χ0v) is 17.8. The zero-order chi connectivity index (χ0) is 22.0. The Labute approximate surface area is 181 Å². The van der Waals surface area contributed by atoms with Gasteiger partial charge < -0.3 is 19.3 Å². The van der Waals surface area contributed by atoms with E-state index in [1.165, 1.54) is 23.5 Å². The summed E-state index contributed by atoms with van der Waals surface area (Å²) in [4.78, 5) is 16.7. The summed E-state index contributed by atoms with van der Waals surface area (Å²) in [5, 5.41) is 10.1. The molecule has 2 aromatic rings. The number of benzene rings is 1. The molecule has 1 aromatic heterocycles. The molecule has 11 heteroatoms. The van der Waals surface area contributed by atoms with E-state index < -0.39 is 6.36 Å². The second kappa shape index (κ2) is 8.99. The molecule has 2 atom stereocenters. The number of aromatic nitrogens is 2. The van der Waals surface area contributed by atoms with E-state index in [4.69, 9.17) is 4.74 Å². The van der Waals surface area contributed by atoms with Gasteiger partial charge in [-0.3, -0.25) is 0 Å². The van der Waals surface area contributed by atoms with Crippen molar-refractivity contribution in [2.45, 2.75) is 31.5 Å². The Hall–Kier alpha value is -2.40. The fourth-order valence-electron chi connectivity index (χ4n) is 4.05. The molecule has 7 nitrogen and oxygen atoms in total. The molecule has 0 radical (unpaired) electrons. The number of halogens is 3. The van der Waals surface area contributed by atoms with Crippen LogP contribution in [-0.2, 0) is 4.74 Å². The van der Waals surface area contributed by atoms with E-state index in [2.05, 4.69) is 14.9 Å². The van der Waals surface area contributed by atoms with Crippen molar-refractivity contribution in [3.63, 3.8) is 0 Å². The number of amides is 2. The molecule has 2 amide bonds. The smallest absolute Gasteiger partial charge is 0.406 e. The molecule has 2 aliphatic heterocycles. The first-order chi connectivity index (χ1) is 14.8. The van der Waals surface area contributed by atoms with Crippen LogP contribution in [0.1, 0.15) is 33.8 Å². The Kier molecular flexibility index (Phi) is 6.33. The summed E-state index contributed by atoms with van der Waals surface area (Å²) in [5.74, 6) is -0.279. The summed E-state index contributed by atoms with van der Waals surface area (Å²) in [6.45, 7) is 5.04. The van der Waals surface area contributed by atoms with E-state index in [1.807, 2.05) is 11.8 Å². The van der Waals surface area contributed by atoms with Crippen molar-refractivity contribution in [1.82, 2.24) is 20.0 Å². The summed E-state index contributed by atoms with van der Waals surface area (Å²) < 4.78 is 46.7. The summed E-state index contributed by atoms with van der Waals surface area (Å²) >= 11 is 1.51. The van der Waals surface area contributed by atoms with Crippen LogP contribution >= 0.6 is 11.3 Å². The number of nitrogens with zero attached hydrogens (tertiary/aromatic N) is 4. The molecule has 0 aliphatic carbocycles. The standard InChI is InChI=1S/C20H23F3N4O3S/c1-13-24-25-18(31-13)16-10-15(14-2-4-17(5-3-14)30-20(21,22)23)11-27(12-16)19(28)26-6-8-29-9-7-26/h2-5,15-16H,6-12H2,1H3. The van der Waals surface area contributed by atoms with Crippen molar-refractivity contribution < 1.29 is 27.4 Å². The number of carbonyl (C=O) groups excluding carboxylic acids is 1. The maximum Gasteiger partial charge on any atom is 0.573 e. The van der Waals surface area contributed by atoms with E-state index in [-0.39, 0.29) is 23.6 Å². The average molecular weight is 456 g/mol. The summed E-state index contributed by atoms with van der Waals surface area (Å²) in [6, 6.07) is 5.86. The van der Waals surface area contributed by atoms with Gasteiger partial charge >= 0.3 is 12.4 Å². The number of likely N-dealkylation sites (tertiary alicyclic amines) is 1. The van der Waals surface area contributed by atoms with E-state index >= 15 is 0 Å². The third-order valence-corrected chi connectivity index (χ3v) is 6.48. The number of ether oxygens (including phenoxy) is 2. The quantitative estimate of drug-likeness (QED) is 0.704. The summed E-state index contributed by atoms with van der Waals surface area (Å²) in [5.41, 5.74) is 0.861. The average Bonchev–Trinajstić information content (AvgIpc) is 3.19. The highest BCUT2D eigenvalue weighted by Gasteiger charge is 2.36. The molecular formula is C20H23F3N4O3S. The van der Waals surface area contributed by atoms with Gasteiger partial charge in [-0.2, -0.15) is 0 Å². The van der Waals surface area contributed by atoms with Gasteiger partial charge in [0.05, 0.1) is 13.2 Å². The number of alkyl halides is 3. The van der Waals surface area contributed by atoms with Gasteiger partial charge in [-0.05, 0) is 31.0 Å². The van der Waals surface area contributed by atoms with Crippen molar-refractivity contribution in [3.05, 3.63) is 39.8 Å². The number of rotatable bonds is 3. The van der Waals surface area contributed by atoms with Gasteiger partial charge in [-0.25, -0.2) is 4.79 Å². The highest BCUT2D eigenvalue weighted by Crippen LogP contribution is 2.38. The lowest BCUT2D eigenvalue weighted by Crippen LogP contribution is -2.52. The molecule has 2 unspecified atom stereocenters. The minimum atomic E-state index is -4.73. The van der Waals surface area contributed by atoms with E-state index in [1.54, 1.807) is 17.0 Å². The van der Waals surface area contributed by atoms with Gasteiger partial charge in [0.25, 0.3) is 0 Å². The first kappa shape index (κ1) is 21.8. The Morgan fingerprint density at radius 1 is 1.10 bits per heavy atom. The number of carbonyl (C=O) groups is 1. The molecule has 2 aliphatic rings. The van der Waals surface area contributed by atoms with Gasteiger partial charge in [0.2, 0.25) is 0 Å². The number of aryl methyl sites for hydroxylation is 1. The maximum absolute atomic E-state index is 13.1. The third-order valence-electron chi connectivity index (χ3n) is 5.48. The first-order valence-electron chi connectivity index (χ1n) is 10.1. The maximum atomic E-state index is 13.1. The SMILES string of the molecule is Cc1nnc(C2CC(c3ccc(OC(F)(F)F)cc3)CN(C(=O)N3CCOCC3)C2)s1. The topological polar surface area (TPSA) is 67.8 Å². The van der Waals surface area contributed by atoms with Crippen LogP contribution in [0.5, 0.6) is 5.75 Å². The zero-order valence-electron chi connectivity index (χ0n) is 17.0. The summed E-state index contributed by atoms with van der Waals surface area (Å²) in [6.07, 6.45) is -3.99. The Bertz CT molecular complexity index is 900. The Balaban J connectivity index is 1.54. The lowest BCUT2D eigenvalue weighted by molar-refractivity contribution is -0.274. The minimum Gasteiger partial charge on any atom is -0.406 e. The van der Waals surface area contributed by atoms with E-state index in [0.717, 1.165) is 22.0 Å². The number of hydrogen-bond acceptors (Lipinski definition) is 6. The number of hydrogen-bond donors (Lipinski definition) is 0. The van der Waals surface area contributed by atoms with Crippen molar-refractivity contribution in [3.8, 4) is 5.75 Å². The molecule has 0 saturated carbocycles. The molecule has 2 saturated heterocycles. The molecular weight excluding hydrogens is 433 g/mol. The summed E-state index contributed by atoms with van der Waals surface area (Å²) in [7, 11) is 0. The molecule has 2 fully saturated rings. The fraction of sp³-hybridized carbons (Fsp3) is 0.550. The van der Waals surface area contributed by atoms with Gasteiger partial charge in [-0.15, -0.1) is 34.7 Å². The number of morpholine rings is 1. The Morgan fingerprint density at radius 3 is 2.39 bits per heavy atom. The second-order valence-electron chi connectivity index (χ2n) is 7.69. The Morgan fingerprint density at radius 2 is 1.77 bits per heavy atom. The minimum absolute atomic E-state index is 0.0149. The van der Waals surface area contributed by atoms with Gasteiger partial charge in [0.1, 0.15) is 15.8 Å². The molecule has 0 spiro atoms. The van der Waals surface area contributed by atoms with Gasteiger partial charge in [-0.1, -0.05) is 12.1 Å². The van der Waals surface area contributed by atoms with Gasteiger partial charge in [0.15, 0.2) is 0 Å². The van der Waals surface area contributed by atoms with Crippen LogP contribution in [-0.4, -0.2) is 71.8 Å². The molecule has 31 heavy (non-hydrogen) atoms. The molecule has 1 aromatic carbocycles. The predicted molar refractivity (Wildman–Crippen MR) is 107 cm³/mol. The van der Waals surface area contributed by atoms with Crippen LogP contribution in [0.3, 0.4) is 0 Å². The van der Waals surface area contributed by atoms with Crippen LogP contribution < -0.4 is 4.74 Å². The monoisotopic (exact) mass is 456 g/mol. The second-order valence-corrected chi connectivity index (χ2v) is 8.91. The number of urea groups is 1. The van der Waals surface area contributed by atoms with Gasteiger partial charge in [0, 0.05) is 38.0 Å². The van der Waals surface area contributed by atoms with Crippen molar-refractivity contribution in [2.75, 3.05) is 39.4 Å². The normalized spacial score (nSPS) is 22.5.